The first-order valence-electron chi connectivity index (χ1n) is 8.51. The van der Waals surface area contributed by atoms with Crippen LogP contribution in [-0.2, 0) is 0 Å². The molecule has 5 rings (SSSR count). The Morgan fingerprint density at radius 3 is 2.70 bits per heavy atom. The predicted octanol–water partition coefficient (Wildman–Crippen LogP) is 4.01. The maximum atomic E-state index is 12.6. The fourth-order valence-electron chi connectivity index (χ4n) is 3.13. The summed E-state index contributed by atoms with van der Waals surface area (Å²) in [5.74, 6) is 1.11. The van der Waals surface area contributed by atoms with Crippen molar-refractivity contribution in [3.63, 3.8) is 0 Å². The molecule has 2 heterocycles. The van der Waals surface area contributed by atoms with Gasteiger partial charge in [0.05, 0.1) is 11.0 Å². The third-order valence-corrected chi connectivity index (χ3v) is 4.47. The lowest BCUT2D eigenvalue weighted by molar-refractivity contribution is 0.102. The SMILES string of the molecule is O=C(Nc1ccc2c(c1)OCO2)c1ccc2c(c1)ncn2-c1ccccc1. The smallest absolute Gasteiger partial charge is 0.255 e. The summed E-state index contributed by atoms with van der Waals surface area (Å²) in [6, 6.07) is 20.8. The number of carbonyl (C=O) groups is 1. The molecule has 0 fully saturated rings. The van der Waals surface area contributed by atoms with E-state index < -0.39 is 0 Å². The lowest BCUT2D eigenvalue weighted by Gasteiger charge is -2.07. The highest BCUT2D eigenvalue weighted by Crippen LogP contribution is 2.34. The number of benzene rings is 3. The van der Waals surface area contributed by atoms with E-state index in [0.29, 0.717) is 22.7 Å². The predicted molar refractivity (Wildman–Crippen MR) is 102 cm³/mol. The van der Waals surface area contributed by atoms with Gasteiger partial charge < -0.3 is 14.8 Å². The number of hydrogen-bond donors (Lipinski definition) is 1. The lowest BCUT2D eigenvalue weighted by Crippen LogP contribution is -2.11. The van der Waals surface area contributed by atoms with Gasteiger partial charge in [-0.3, -0.25) is 9.36 Å². The minimum absolute atomic E-state index is 0.202. The second kappa shape index (κ2) is 6.17. The standard InChI is InChI=1S/C21H15N3O3/c25-21(23-15-7-9-19-20(11-15)27-13-26-19)14-6-8-18-17(10-14)22-12-24(18)16-4-2-1-3-5-16/h1-12H,13H2,(H,23,25). The number of rotatable bonds is 3. The molecule has 0 radical (unpaired) electrons. The number of anilines is 1. The maximum absolute atomic E-state index is 12.6. The average Bonchev–Trinajstić information content (AvgIpc) is 3.34. The summed E-state index contributed by atoms with van der Waals surface area (Å²) < 4.78 is 12.6. The minimum Gasteiger partial charge on any atom is -0.454 e. The number of imidazole rings is 1. The average molecular weight is 357 g/mol. The van der Waals surface area contributed by atoms with E-state index in [0.717, 1.165) is 16.7 Å². The van der Waals surface area contributed by atoms with Crippen LogP contribution in [0.3, 0.4) is 0 Å². The van der Waals surface area contributed by atoms with E-state index in [9.17, 15) is 4.79 Å². The summed E-state index contributed by atoms with van der Waals surface area (Å²) in [6.45, 7) is 0.202. The zero-order valence-corrected chi connectivity index (χ0v) is 14.3. The quantitative estimate of drug-likeness (QED) is 0.602. The summed E-state index contributed by atoms with van der Waals surface area (Å²) in [5.41, 5.74) is 3.92. The van der Waals surface area contributed by atoms with Crippen LogP contribution in [0.25, 0.3) is 16.7 Å². The van der Waals surface area contributed by atoms with E-state index in [1.165, 1.54) is 0 Å². The molecule has 0 unspecified atom stereocenters. The first-order valence-corrected chi connectivity index (χ1v) is 8.51. The van der Waals surface area contributed by atoms with Gasteiger partial charge in [-0.25, -0.2) is 4.98 Å². The molecule has 6 heteroatoms. The van der Waals surface area contributed by atoms with Crippen molar-refractivity contribution < 1.29 is 14.3 Å². The van der Waals surface area contributed by atoms with E-state index in [1.807, 2.05) is 41.0 Å². The van der Waals surface area contributed by atoms with Gasteiger partial charge in [0.25, 0.3) is 5.91 Å². The molecule has 1 aliphatic heterocycles. The first-order chi connectivity index (χ1) is 13.3. The number of para-hydroxylation sites is 1. The summed E-state index contributed by atoms with van der Waals surface area (Å²) in [5, 5.41) is 2.88. The summed E-state index contributed by atoms with van der Waals surface area (Å²) in [6.07, 6.45) is 1.76. The number of ether oxygens (including phenoxy) is 2. The van der Waals surface area contributed by atoms with E-state index in [4.69, 9.17) is 9.47 Å². The van der Waals surface area contributed by atoms with Crippen molar-refractivity contribution in [3.05, 3.63) is 78.6 Å². The van der Waals surface area contributed by atoms with Gasteiger partial charge in [-0.1, -0.05) is 18.2 Å². The van der Waals surface area contributed by atoms with Crippen LogP contribution in [0.15, 0.2) is 73.1 Å². The van der Waals surface area contributed by atoms with Gasteiger partial charge in [0, 0.05) is 23.0 Å². The topological polar surface area (TPSA) is 65.4 Å². The van der Waals surface area contributed by atoms with Crippen LogP contribution in [0.2, 0.25) is 0 Å². The van der Waals surface area contributed by atoms with Crippen molar-refractivity contribution in [1.82, 2.24) is 9.55 Å². The highest BCUT2D eigenvalue weighted by molar-refractivity contribution is 6.06. The molecule has 3 aromatic carbocycles. The van der Waals surface area contributed by atoms with Gasteiger partial charge in [-0.05, 0) is 42.5 Å². The molecule has 6 nitrogen and oxygen atoms in total. The van der Waals surface area contributed by atoms with Crippen LogP contribution in [0.5, 0.6) is 11.5 Å². The molecule has 0 bridgehead atoms. The number of carbonyl (C=O) groups excluding carboxylic acids is 1. The van der Waals surface area contributed by atoms with Crippen molar-refractivity contribution in [3.8, 4) is 17.2 Å². The largest absolute Gasteiger partial charge is 0.454 e. The number of amides is 1. The third-order valence-electron chi connectivity index (χ3n) is 4.47. The van der Waals surface area contributed by atoms with Crippen molar-refractivity contribution >= 4 is 22.6 Å². The molecule has 0 spiro atoms. The molecule has 1 N–H and O–H groups in total. The van der Waals surface area contributed by atoms with E-state index in [-0.39, 0.29) is 12.7 Å². The van der Waals surface area contributed by atoms with Crippen LogP contribution in [-0.4, -0.2) is 22.3 Å². The van der Waals surface area contributed by atoms with E-state index in [2.05, 4.69) is 10.3 Å². The normalized spacial score (nSPS) is 12.3. The Labute approximate surface area is 155 Å². The molecule has 0 atom stereocenters. The number of aromatic nitrogens is 2. The van der Waals surface area contributed by atoms with Crippen molar-refractivity contribution in [2.45, 2.75) is 0 Å². The van der Waals surface area contributed by atoms with Crippen LogP contribution in [0.4, 0.5) is 5.69 Å². The van der Waals surface area contributed by atoms with Gasteiger partial charge in [-0.2, -0.15) is 0 Å². The molecule has 4 aromatic rings. The van der Waals surface area contributed by atoms with Crippen molar-refractivity contribution in [2.24, 2.45) is 0 Å². The van der Waals surface area contributed by atoms with Gasteiger partial charge in [0.1, 0.15) is 6.33 Å². The second-order valence-electron chi connectivity index (χ2n) is 6.18. The number of hydrogen-bond acceptors (Lipinski definition) is 4. The van der Waals surface area contributed by atoms with Crippen molar-refractivity contribution in [2.75, 3.05) is 12.1 Å². The van der Waals surface area contributed by atoms with Gasteiger partial charge in [-0.15, -0.1) is 0 Å². The minimum atomic E-state index is -0.204. The Balaban J connectivity index is 1.42. The molecule has 0 aliphatic carbocycles. The fraction of sp³-hybridized carbons (Fsp3) is 0.0476. The molecule has 0 saturated carbocycles. The molecular weight excluding hydrogens is 342 g/mol. The Hall–Kier alpha value is -3.80. The summed E-state index contributed by atoms with van der Waals surface area (Å²) in [4.78, 5) is 17.1. The molecule has 1 amide bonds. The fourth-order valence-corrected chi connectivity index (χ4v) is 3.13. The summed E-state index contributed by atoms with van der Waals surface area (Å²) in [7, 11) is 0. The molecule has 132 valence electrons. The van der Waals surface area contributed by atoms with Crippen LogP contribution in [0.1, 0.15) is 10.4 Å². The third kappa shape index (κ3) is 2.77. The van der Waals surface area contributed by atoms with E-state index >= 15 is 0 Å². The number of nitrogens with zero attached hydrogens (tertiary/aromatic N) is 2. The monoisotopic (exact) mass is 357 g/mol. The Bertz CT molecular complexity index is 1150. The molecular formula is C21H15N3O3. The Morgan fingerprint density at radius 1 is 0.963 bits per heavy atom. The van der Waals surface area contributed by atoms with Crippen LogP contribution in [0, 0.1) is 0 Å². The second-order valence-corrected chi connectivity index (χ2v) is 6.18. The van der Waals surface area contributed by atoms with Gasteiger partial charge >= 0.3 is 0 Å². The molecule has 1 aromatic heterocycles. The maximum Gasteiger partial charge on any atom is 0.255 e. The van der Waals surface area contributed by atoms with Crippen molar-refractivity contribution in [1.29, 1.82) is 0 Å². The molecule has 1 aliphatic rings. The Kier molecular flexibility index (Phi) is 3.53. The lowest BCUT2D eigenvalue weighted by atomic mass is 10.1. The summed E-state index contributed by atoms with van der Waals surface area (Å²) >= 11 is 0. The first kappa shape index (κ1) is 15.5. The highest BCUT2D eigenvalue weighted by atomic mass is 16.7. The number of nitrogens with one attached hydrogen (secondary N) is 1. The number of fused-ring (bicyclic) bond motifs is 2. The van der Waals surface area contributed by atoms with Crippen LogP contribution >= 0.6 is 0 Å². The van der Waals surface area contributed by atoms with E-state index in [1.54, 1.807) is 36.7 Å². The molecule has 27 heavy (non-hydrogen) atoms. The van der Waals surface area contributed by atoms with Gasteiger partial charge in [0.2, 0.25) is 6.79 Å². The van der Waals surface area contributed by atoms with Gasteiger partial charge in [0.15, 0.2) is 11.5 Å². The zero-order chi connectivity index (χ0) is 18.2. The van der Waals surface area contributed by atoms with Crippen LogP contribution < -0.4 is 14.8 Å². The Morgan fingerprint density at radius 2 is 1.81 bits per heavy atom. The molecule has 0 saturated heterocycles. The zero-order valence-electron chi connectivity index (χ0n) is 14.3. The highest BCUT2D eigenvalue weighted by Gasteiger charge is 2.15.